The van der Waals surface area contributed by atoms with E-state index in [4.69, 9.17) is 9.47 Å². The Kier molecular flexibility index (Phi) is 5.54. The molecule has 3 unspecified atom stereocenters. The Morgan fingerprint density at radius 2 is 2.16 bits per heavy atom. The maximum atomic E-state index is 11.5. The molecule has 0 bridgehead atoms. The Morgan fingerprint density at radius 1 is 1.47 bits per heavy atom. The largest absolute Gasteiger partial charge is 0.462 e. The lowest BCUT2D eigenvalue weighted by Gasteiger charge is -2.18. The molecule has 0 amide bonds. The van der Waals surface area contributed by atoms with Crippen LogP contribution in [0.15, 0.2) is 12.7 Å². The molecule has 19 heavy (non-hydrogen) atoms. The Balaban J connectivity index is 2.46. The third-order valence-electron chi connectivity index (χ3n) is 2.94. The van der Waals surface area contributed by atoms with Gasteiger partial charge >= 0.3 is 17.9 Å². The van der Waals surface area contributed by atoms with Crippen molar-refractivity contribution in [3.63, 3.8) is 0 Å². The smallest absolute Gasteiger partial charge is 0.344 e. The van der Waals surface area contributed by atoms with Crippen molar-refractivity contribution in [2.75, 3.05) is 6.61 Å². The maximum absolute atomic E-state index is 11.5. The van der Waals surface area contributed by atoms with E-state index >= 15 is 0 Å². The molecular weight excluding hydrogens is 252 g/mol. The van der Waals surface area contributed by atoms with Gasteiger partial charge in [0.1, 0.15) is 12.2 Å². The summed E-state index contributed by atoms with van der Waals surface area (Å²) in [5.74, 6) is -1.67. The van der Waals surface area contributed by atoms with E-state index < -0.39 is 30.6 Å². The molecule has 6 nitrogen and oxygen atoms in total. The predicted molar refractivity (Wildman–Crippen MR) is 65.0 cm³/mol. The first-order valence-electron chi connectivity index (χ1n) is 6.10. The van der Waals surface area contributed by atoms with E-state index in [9.17, 15) is 14.4 Å². The van der Waals surface area contributed by atoms with Crippen molar-refractivity contribution in [1.82, 2.24) is 0 Å². The summed E-state index contributed by atoms with van der Waals surface area (Å²) < 4.78 is 14.8. The molecule has 1 fully saturated rings. The third kappa shape index (κ3) is 5.11. The molecule has 1 heterocycles. The number of carbonyl (C=O) groups is 3. The van der Waals surface area contributed by atoms with Gasteiger partial charge in [-0.1, -0.05) is 13.5 Å². The molecule has 0 spiro atoms. The highest BCUT2D eigenvalue weighted by molar-refractivity contribution is 5.83. The molecule has 0 aliphatic carbocycles. The normalized spacial score (nSPS) is 26.8. The van der Waals surface area contributed by atoms with Crippen LogP contribution in [-0.4, -0.2) is 36.7 Å². The quantitative estimate of drug-likeness (QED) is 0.430. The van der Waals surface area contributed by atoms with E-state index in [1.165, 1.54) is 0 Å². The van der Waals surface area contributed by atoms with Gasteiger partial charge in [-0.05, 0) is 19.3 Å². The zero-order chi connectivity index (χ0) is 14.4. The fourth-order valence-corrected chi connectivity index (χ4v) is 1.75. The maximum Gasteiger partial charge on any atom is 0.344 e. The van der Waals surface area contributed by atoms with Crippen LogP contribution in [0.2, 0.25) is 0 Å². The average molecular weight is 270 g/mol. The minimum atomic E-state index is -0.695. The lowest BCUT2D eigenvalue weighted by Crippen LogP contribution is -2.25. The van der Waals surface area contributed by atoms with Gasteiger partial charge in [-0.3, -0.25) is 4.79 Å². The van der Waals surface area contributed by atoms with Crippen LogP contribution in [0.4, 0.5) is 0 Å². The molecule has 1 saturated heterocycles. The minimum absolute atomic E-state index is 0.0236. The van der Waals surface area contributed by atoms with Crippen LogP contribution in [0, 0.1) is 5.92 Å². The van der Waals surface area contributed by atoms with Crippen LogP contribution in [-0.2, 0) is 28.6 Å². The van der Waals surface area contributed by atoms with Gasteiger partial charge in [0.2, 0.25) is 0 Å². The Labute approximate surface area is 111 Å². The van der Waals surface area contributed by atoms with Crippen LogP contribution >= 0.6 is 0 Å². The van der Waals surface area contributed by atoms with Gasteiger partial charge in [0.05, 0.1) is 6.42 Å². The van der Waals surface area contributed by atoms with Gasteiger partial charge in [0.15, 0.2) is 6.61 Å². The summed E-state index contributed by atoms with van der Waals surface area (Å²) in [7, 11) is 0. The highest BCUT2D eigenvalue weighted by Gasteiger charge is 2.30. The van der Waals surface area contributed by atoms with Gasteiger partial charge in [0, 0.05) is 6.08 Å². The number of rotatable bonds is 4. The number of cyclic esters (lactones) is 1. The second-order valence-corrected chi connectivity index (χ2v) is 4.54. The zero-order valence-electron chi connectivity index (χ0n) is 11.1. The summed E-state index contributed by atoms with van der Waals surface area (Å²) in [5.41, 5.74) is 0. The van der Waals surface area contributed by atoms with Crippen molar-refractivity contribution < 1.29 is 28.6 Å². The van der Waals surface area contributed by atoms with E-state index in [1.54, 1.807) is 6.92 Å². The molecule has 0 saturated carbocycles. The first-order chi connectivity index (χ1) is 8.92. The second-order valence-electron chi connectivity index (χ2n) is 4.54. The SMILES string of the molecule is C=CC(=O)OCC(=O)OC1CC(=O)OC(C)C(C)C1. The average Bonchev–Trinajstić information content (AvgIpc) is 2.45. The molecule has 3 atom stereocenters. The fraction of sp³-hybridized carbons (Fsp3) is 0.615. The van der Waals surface area contributed by atoms with Crippen LogP contribution < -0.4 is 0 Å². The summed E-state index contributed by atoms with van der Waals surface area (Å²) in [5, 5.41) is 0. The van der Waals surface area contributed by atoms with Crippen molar-refractivity contribution in [3.8, 4) is 0 Å². The van der Waals surface area contributed by atoms with Crippen molar-refractivity contribution in [3.05, 3.63) is 12.7 Å². The second kappa shape index (κ2) is 6.92. The van der Waals surface area contributed by atoms with Crippen molar-refractivity contribution >= 4 is 17.9 Å². The summed E-state index contributed by atoms with van der Waals surface area (Å²) >= 11 is 0. The molecule has 1 aliphatic heterocycles. The molecule has 6 heteroatoms. The summed E-state index contributed by atoms with van der Waals surface area (Å²) in [6.45, 7) is 6.44. The number of hydrogen-bond donors (Lipinski definition) is 0. The fourth-order valence-electron chi connectivity index (χ4n) is 1.75. The molecule has 1 aliphatic rings. The topological polar surface area (TPSA) is 78.9 Å². The van der Waals surface area contributed by atoms with Gasteiger partial charge in [-0.25, -0.2) is 9.59 Å². The molecule has 106 valence electrons. The highest BCUT2D eigenvalue weighted by atomic mass is 16.6. The Bertz CT molecular complexity index is 375. The first kappa shape index (κ1) is 15.2. The Hall–Kier alpha value is -1.85. The van der Waals surface area contributed by atoms with E-state index in [1.807, 2.05) is 6.92 Å². The van der Waals surface area contributed by atoms with Gasteiger partial charge in [-0.15, -0.1) is 0 Å². The molecule has 0 aromatic carbocycles. The van der Waals surface area contributed by atoms with Crippen LogP contribution in [0.25, 0.3) is 0 Å². The molecule has 0 radical (unpaired) electrons. The minimum Gasteiger partial charge on any atom is -0.462 e. The number of carbonyl (C=O) groups excluding carboxylic acids is 3. The standard InChI is InChI=1S/C13H18O6/c1-4-11(14)17-7-13(16)19-10-5-8(2)9(3)18-12(15)6-10/h4,8-10H,1,5-7H2,2-3H3. The number of esters is 3. The van der Waals surface area contributed by atoms with Crippen molar-refractivity contribution in [1.29, 1.82) is 0 Å². The van der Waals surface area contributed by atoms with E-state index in [2.05, 4.69) is 11.3 Å². The summed E-state index contributed by atoms with van der Waals surface area (Å²) in [4.78, 5) is 33.7. The summed E-state index contributed by atoms with van der Waals surface area (Å²) in [6, 6.07) is 0. The van der Waals surface area contributed by atoms with E-state index in [0.717, 1.165) is 6.08 Å². The Morgan fingerprint density at radius 3 is 2.79 bits per heavy atom. The molecular formula is C13H18O6. The van der Waals surface area contributed by atoms with Crippen molar-refractivity contribution in [2.24, 2.45) is 5.92 Å². The number of ether oxygens (including phenoxy) is 3. The van der Waals surface area contributed by atoms with E-state index in [0.29, 0.717) is 6.42 Å². The molecule has 0 aromatic rings. The van der Waals surface area contributed by atoms with Crippen molar-refractivity contribution in [2.45, 2.75) is 38.9 Å². The van der Waals surface area contributed by atoms with E-state index in [-0.39, 0.29) is 18.4 Å². The zero-order valence-corrected chi connectivity index (χ0v) is 11.1. The predicted octanol–water partition coefficient (Wildman–Crippen LogP) is 0.989. The van der Waals surface area contributed by atoms with Gasteiger partial charge in [0.25, 0.3) is 0 Å². The first-order valence-corrected chi connectivity index (χ1v) is 6.10. The monoisotopic (exact) mass is 270 g/mol. The molecule has 0 N–H and O–H groups in total. The lowest BCUT2D eigenvalue weighted by molar-refractivity contribution is -0.162. The summed E-state index contributed by atoms with van der Waals surface area (Å²) in [6.07, 6.45) is 0.779. The van der Waals surface area contributed by atoms with Gasteiger partial charge < -0.3 is 14.2 Å². The van der Waals surface area contributed by atoms with Gasteiger partial charge in [-0.2, -0.15) is 0 Å². The lowest BCUT2D eigenvalue weighted by atomic mass is 9.98. The van der Waals surface area contributed by atoms with Crippen LogP contribution in [0.1, 0.15) is 26.7 Å². The molecule has 0 aromatic heterocycles. The van der Waals surface area contributed by atoms with Crippen LogP contribution in [0.5, 0.6) is 0 Å². The number of hydrogen-bond acceptors (Lipinski definition) is 6. The highest BCUT2D eigenvalue weighted by Crippen LogP contribution is 2.23. The molecule has 1 rings (SSSR count). The van der Waals surface area contributed by atoms with Crippen LogP contribution in [0.3, 0.4) is 0 Å². The third-order valence-corrected chi connectivity index (χ3v) is 2.94.